The van der Waals surface area contributed by atoms with Crippen molar-refractivity contribution in [3.63, 3.8) is 0 Å². The van der Waals surface area contributed by atoms with E-state index in [4.69, 9.17) is 5.26 Å². The summed E-state index contributed by atoms with van der Waals surface area (Å²) in [5.74, 6) is -0.933. The van der Waals surface area contributed by atoms with Gasteiger partial charge in [-0.05, 0) is 12.1 Å². The van der Waals surface area contributed by atoms with Crippen LogP contribution in [0.15, 0.2) is 24.3 Å². The molecule has 2 amide bonds. The standard InChI is InChI=1S/C13H11N3O2/c14-5-8-3-1-2-4-11(8)16-6-9-10(7-16)13(18)15-12(9)17/h1-4,9-10H,6-7H2,(H,15,17,18)/t9-,10+. The first kappa shape index (κ1) is 10.8. The minimum atomic E-state index is -0.274. The summed E-state index contributed by atoms with van der Waals surface area (Å²) >= 11 is 0. The number of benzene rings is 1. The number of imide groups is 1. The van der Waals surface area contributed by atoms with Gasteiger partial charge < -0.3 is 4.90 Å². The molecule has 0 aliphatic carbocycles. The Morgan fingerprint density at radius 1 is 1.17 bits per heavy atom. The van der Waals surface area contributed by atoms with Crippen LogP contribution in [0.3, 0.4) is 0 Å². The Labute approximate surface area is 104 Å². The average molecular weight is 241 g/mol. The van der Waals surface area contributed by atoms with E-state index >= 15 is 0 Å². The Morgan fingerprint density at radius 3 is 2.39 bits per heavy atom. The molecule has 2 fully saturated rings. The topological polar surface area (TPSA) is 73.2 Å². The molecule has 0 radical (unpaired) electrons. The number of anilines is 1. The molecule has 2 aliphatic rings. The third-order valence-corrected chi connectivity index (χ3v) is 3.60. The smallest absolute Gasteiger partial charge is 0.232 e. The van der Waals surface area contributed by atoms with Gasteiger partial charge in [0.05, 0.1) is 23.1 Å². The summed E-state index contributed by atoms with van der Waals surface area (Å²) in [6, 6.07) is 9.38. The normalized spacial score (nSPS) is 25.8. The highest BCUT2D eigenvalue weighted by atomic mass is 16.2. The molecule has 0 saturated carbocycles. The lowest BCUT2D eigenvalue weighted by molar-refractivity contribution is -0.126. The van der Waals surface area contributed by atoms with Gasteiger partial charge in [0, 0.05) is 13.1 Å². The first-order valence-corrected chi connectivity index (χ1v) is 5.79. The molecule has 0 aromatic heterocycles. The number of rotatable bonds is 1. The minimum Gasteiger partial charge on any atom is -0.369 e. The maximum atomic E-state index is 11.6. The highest BCUT2D eigenvalue weighted by Gasteiger charge is 2.48. The molecule has 90 valence electrons. The fourth-order valence-corrected chi connectivity index (χ4v) is 2.68. The highest BCUT2D eigenvalue weighted by molar-refractivity contribution is 6.06. The molecule has 18 heavy (non-hydrogen) atoms. The van der Waals surface area contributed by atoms with Gasteiger partial charge in [-0.3, -0.25) is 14.9 Å². The van der Waals surface area contributed by atoms with Crippen molar-refractivity contribution in [1.82, 2.24) is 5.32 Å². The summed E-state index contributed by atoms with van der Waals surface area (Å²) in [4.78, 5) is 25.1. The van der Waals surface area contributed by atoms with Gasteiger partial charge >= 0.3 is 0 Å². The fourth-order valence-electron chi connectivity index (χ4n) is 2.68. The molecule has 0 unspecified atom stereocenters. The van der Waals surface area contributed by atoms with E-state index in [1.165, 1.54) is 0 Å². The molecule has 0 spiro atoms. The number of amides is 2. The molecule has 5 heteroatoms. The van der Waals surface area contributed by atoms with Crippen molar-refractivity contribution in [1.29, 1.82) is 5.26 Å². The van der Waals surface area contributed by atoms with Gasteiger partial charge in [-0.15, -0.1) is 0 Å². The maximum absolute atomic E-state index is 11.6. The molecule has 2 saturated heterocycles. The van der Waals surface area contributed by atoms with E-state index in [-0.39, 0.29) is 23.7 Å². The van der Waals surface area contributed by atoms with Crippen molar-refractivity contribution in [2.75, 3.05) is 18.0 Å². The highest BCUT2D eigenvalue weighted by Crippen LogP contribution is 2.33. The van der Waals surface area contributed by atoms with Crippen LogP contribution in [-0.4, -0.2) is 24.9 Å². The quantitative estimate of drug-likeness (QED) is 0.716. The van der Waals surface area contributed by atoms with Crippen LogP contribution in [0.25, 0.3) is 0 Å². The molecule has 5 nitrogen and oxygen atoms in total. The molecule has 1 aromatic carbocycles. The van der Waals surface area contributed by atoms with Crippen LogP contribution < -0.4 is 10.2 Å². The third kappa shape index (κ3) is 1.46. The Morgan fingerprint density at radius 2 is 1.78 bits per heavy atom. The Bertz CT molecular complexity index is 554. The molecule has 0 bridgehead atoms. The van der Waals surface area contributed by atoms with Crippen molar-refractivity contribution in [2.24, 2.45) is 11.8 Å². The predicted molar refractivity (Wildman–Crippen MR) is 63.5 cm³/mol. The lowest BCUT2D eigenvalue weighted by Crippen LogP contribution is -2.31. The molecular weight excluding hydrogens is 230 g/mol. The Hall–Kier alpha value is -2.35. The van der Waals surface area contributed by atoms with Gasteiger partial charge in [-0.25, -0.2) is 0 Å². The number of hydrogen-bond acceptors (Lipinski definition) is 4. The molecule has 1 aromatic rings. The summed E-state index contributed by atoms with van der Waals surface area (Å²) < 4.78 is 0. The molecule has 2 atom stereocenters. The van der Waals surface area contributed by atoms with E-state index < -0.39 is 0 Å². The van der Waals surface area contributed by atoms with E-state index in [0.29, 0.717) is 18.7 Å². The monoisotopic (exact) mass is 241 g/mol. The number of para-hydroxylation sites is 1. The van der Waals surface area contributed by atoms with Crippen molar-refractivity contribution in [3.05, 3.63) is 29.8 Å². The number of fused-ring (bicyclic) bond motifs is 1. The van der Waals surface area contributed by atoms with Gasteiger partial charge in [-0.1, -0.05) is 12.1 Å². The van der Waals surface area contributed by atoms with Gasteiger partial charge in [-0.2, -0.15) is 5.26 Å². The van der Waals surface area contributed by atoms with Crippen LogP contribution in [0.5, 0.6) is 0 Å². The Kier molecular flexibility index (Phi) is 2.30. The van der Waals surface area contributed by atoms with Gasteiger partial charge in [0.2, 0.25) is 11.8 Å². The second-order valence-electron chi connectivity index (χ2n) is 4.60. The molecule has 3 rings (SSSR count). The maximum Gasteiger partial charge on any atom is 0.232 e. The fraction of sp³-hybridized carbons (Fsp3) is 0.308. The van der Waals surface area contributed by atoms with Crippen LogP contribution >= 0.6 is 0 Å². The van der Waals surface area contributed by atoms with E-state index in [9.17, 15) is 9.59 Å². The molecule has 1 N–H and O–H groups in total. The SMILES string of the molecule is N#Cc1ccccc1N1C[C@@H]2C(=O)NC(=O)[C@@H]2C1. The predicted octanol–water partition coefficient (Wildman–Crippen LogP) is 0.267. The molecular formula is C13H11N3O2. The first-order chi connectivity index (χ1) is 8.70. The van der Waals surface area contributed by atoms with Crippen LogP contribution in [0.4, 0.5) is 5.69 Å². The van der Waals surface area contributed by atoms with Crippen LogP contribution in [0.2, 0.25) is 0 Å². The van der Waals surface area contributed by atoms with Gasteiger partial charge in [0.15, 0.2) is 0 Å². The third-order valence-electron chi connectivity index (χ3n) is 3.60. The lowest BCUT2D eigenvalue weighted by atomic mass is 10.00. The van der Waals surface area contributed by atoms with Crippen LogP contribution in [-0.2, 0) is 9.59 Å². The number of nitrogens with one attached hydrogen (secondary N) is 1. The van der Waals surface area contributed by atoms with Gasteiger partial charge in [0.1, 0.15) is 6.07 Å². The summed E-state index contributed by atoms with van der Waals surface area (Å²) in [6.45, 7) is 1.00. The Balaban J connectivity index is 1.91. The summed E-state index contributed by atoms with van der Waals surface area (Å²) in [5.41, 5.74) is 1.38. The number of nitrogens with zero attached hydrogens (tertiary/aromatic N) is 2. The zero-order chi connectivity index (χ0) is 12.7. The number of nitriles is 1. The van der Waals surface area contributed by atoms with Crippen molar-refractivity contribution in [3.8, 4) is 6.07 Å². The van der Waals surface area contributed by atoms with Crippen molar-refractivity contribution >= 4 is 17.5 Å². The largest absolute Gasteiger partial charge is 0.369 e. The van der Waals surface area contributed by atoms with Crippen molar-refractivity contribution < 1.29 is 9.59 Å². The number of hydrogen-bond donors (Lipinski definition) is 1. The lowest BCUT2D eigenvalue weighted by Gasteiger charge is -2.20. The van der Waals surface area contributed by atoms with Crippen LogP contribution in [0.1, 0.15) is 5.56 Å². The van der Waals surface area contributed by atoms with Crippen LogP contribution in [0, 0.1) is 23.2 Å². The second kappa shape index (κ2) is 3.84. The summed E-state index contributed by atoms with van der Waals surface area (Å²) in [5, 5.41) is 11.4. The van der Waals surface area contributed by atoms with E-state index in [1.54, 1.807) is 12.1 Å². The minimum absolute atomic E-state index is 0.193. The molecule has 2 heterocycles. The summed E-state index contributed by atoms with van der Waals surface area (Å²) in [7, 11) is 0. The van der Waals surface area contributed by atoms with E-state index in [0.717, 1.165) is 5.69 Å². The van der Waals surface area contributed by atoms with Crippen molar-refractivity contribution in [2.45, 2.75) is 0 Å². The zero-order valence-corrected chi connectivity index (χ0v) is 9.59. The number of carbonyl (C=O) groups excluding carboxylic acids is 2. The number of carbonyl (C=O) groups is 2. The van der Waals surface area contributed by atoms with Gasteiger partial charge in [0.25, 0.3) is 0 Å². The molecule has 2 aliphatic heterocycles. The van der Waals surface area contributed by atoms with E-state index in [2.05, 4.69) is 11.4 Å². The zero-order valence-electron chi connectivity index (χ0n) is 9.59. The van der Waals surface area contributed by atoms with E-state index in [1.807, 2.05) is 17.0 Å². The summed E-state index contributed by atoms with van der Waals surface area (Å²) in [6.07, 6.45) is 0. The average Bonchev–Trinajstić information content (AvgIpc) is 2.92. The first-order valence-electron chi connectivity index (χ1n) is 5.79. The second-order valence-corrected chi connectivity index (χ2v) is 4.60.